The Balaban J connectivity index is 1.86. The number of amides is 1. The van der Waals surface area contributed by atoms with Crippen molar-refractivity contribution in [1.82, 2.24) is 9.78 Å². The molecule has 3 rings (SSSR count). The minimum absolute atomic E-state index is 0.278. The summed E-state index contributed by atoms with van der Waals surface area (Å²) in [6.45, 7) is 1.99. The second-order valence-electron chi connectivity index (χ2n) is 5.65. The van der Waals surface area contributed by atoms with Crippen LogP contribution in [0.4, 0.5) is 5.69 Å². The zero-order valence-electron chi connectivity index (χ0n) is 12.4. The topological polar surface area (TPSA) is 72.9 Å². The number of hydrogen-bond acceptors (Lipinski definition) is 3. The molecule has 0 saturated heterocycles. The van der Waals surface area contributed by atoms with Crippen molar-refractivity contribution in [2.24, 2.45) is 12.8 Å². The normalized spacial score (nSPS) is 17.3. The number of benzene rings is 1. The van der Waals surface area contributed by atoms with Gasteiger partial charge in [-0.15, -0.1) is 0 Å². The molecule has 1 aromatic heterocycles. The summed E-state index contributed by atoms with van der Waals surface area (Å²) < 4.78 is 1.96. The first kappa shape index (κ1) is 13.7. The lowest BCUT2D eigenvalue weighted by atomic mass is 9.92. The van der Waals surface area contributed by atoms with E-state index in [0.717, 1.165) is 30.5 Å². The van der Waals surface area contributed by atoms with Gasteiger partial charge in [0.1, 0.15) is 0 Å². The minimum atomic E-state index is -0.392. The predicted octanol–water partition coefficient (Wildman–Crippen LogP) is 2.32. The SMILES string of the molecule is Cc1cc(C(N)=O)ccc1NC1CCCc2c1cnn2C. The first-order chi connectivity index (χ1) is 10.1. The molecular weight excluding hydrogens is 264 g/mol. The number of fused-ring (bicyclic) bond motifs is 1. The van der Waals surface area contributed by atoms with Crippen LogP contribution in [0.1, 0.15) is 46.1 Å². The molecule has 1 aliphatic rings. The molecule has 110 valence electrons. The van der Waals surface area contributed by atoms with E-state index in [0.29, 0.717) is 5.56 Å². The van der Waals surface area contributed by atoms with Crippen LogP contribution in [0.5, 0.6) is 0 Å². The molecule has 1 aliphatic carbocycles. The van der Waals surface area contributed by atoms with Gasteiger partial charge < -0.3 is 11.1 Å². The molecule has 2 aromatic rings. The number of nitrogens with two attached hydrogens (primary N) is 1. The van der Waals surface area contributed by atoms with Crippen LogP contribution in [0.25, 0.3) is 0 Å². The highest BCUT2D eigenvalue weighted by molar-refractivity contribution is 5.93. The van der Waals surface area contributed by atoms with E-state index in [1.165, 1.54) is 11.3 Å². The van der Waals surface area contributed by atoms with Crippen molar-refractivity contribution in [3.63, 3.8) is 0 Å². The van der Waals surface area contributed by atoms with Crippen molar-refractivity contribution in [3.8, 4) is 0 Å². The van der Waals surface area contributed by atoms with E-state index >= 15 is 0 Å². The average Bonchev–Trinajstić information content (AvgIpc) is 2.84. The number of carbonyl (C=O) groups excluding carboxylic acids is 1. The Labute approximate surface area is 124 Å². The van der Waals surface area contributed by atoms with Crippen LogP contribution < -0.4 is 11.1 Å². The molecule has 1 aromatic carbocycles. The van der Waals surface area contributed by atoms with Crippen molar-refractivity contribution in [2.45, 2.75) is 32.2 Å². The Kier molecular flexibility index (Phi) is 3.41. The summed E-state index contributed by atoms with van der Waals surface area (Å²) >= 11 is 0. The van der Waals surface area contributed by atoms with Gasteiger partial charge in [-0.3, -0.25) is 9.48 Å². The molecule has 1 unspecified atom stereocenters. The average molecular weight is 284 g/mol. The van der Waals surface area contributed by atoms with Crippen molar-refractivity contribution >= 4 is 11.6 Å². The highest BCUT2D eigenvalue weighted by atomic mass is 16.1. The summed E-state index contributed by atoms with van der Waals surface area (Å²) in [6, 6.07) is 5.81. The van der Waals surface area contributed by atoms with Crippen LogP contribution in [-0.4, -0.2) is 15.7 Å². The molecule has 0 radical (unpaired) electrons. The second kappa shape index (κ2) is 5.24. The molecule has 5 nitrogen and oxygen atoms in total. The lowest BCUT2D eigenvalue weighted by Crippen LogP contribution is -2.18. The van der Waals surface area contributed by atoms with Gasteiger partial charge in [0.05, 0.1) is 12.2 Å². The number of aromatic nitrogens is 2. The fraction of sp³-hybridized carbons (Fsp3) is 0.375. The summed E-state index contributed by atoms with van der Waals surface area (Å²) in [5.74, 6) is -0.392. The van der Waals surface area contributed by atoms with Crippen LogP contribution in [0.15, 0.2) is 24.4 Å². The Hall–Kier alpha value is -2.30. The third-order valence-electron chi connectivity index (χ3n) is 4.22. The van der Waals surface area contributed by atoms with E-state index in [-0.39, 0.29) is 6.04 Å². The molecule has 0 aliphatic heterocycles. The van der Waals surface area contributed by atoms with Crippen LogP contribution in [0.3, 0.4) is 0 Å². The van der Waals surface area contributed by atoms with E-state index in [9.17, 15) is 4.79 Å². The van der Waals surface area contributed by atoms with E-state index < -0.39 is 5.91 Å². The molecule has 21 heavy (non-hydrogen) atoms. The molecule has 0 spiro atoms. The lowest BCUT2D eigenvalue weighted by molar-refractivity contribution is 0.1000. The highest BCUT2D eigenvalue weighted by Gasteiger charge is 2.23. The molecule has 1 atom stereocenters. The smallest absolute Gasteiger partial charge is 0.248 e. The second-order valence-corrected chi connectivity index (χ2v) is 5.65. The van der Waals surface area contributed by atoms with Crippen LogP contribution in [0, 0.1) is 6.92 Å². The van der Waals surface area contributed by atoms with Gasteiger partial charge >= 0.3 is 0 Å². The minimum Gasteiger partial charge on any atom is -0.378 e. The van der Waals surface area contributed by atoms with E-state index in [1.807, 2.05) is 37.0 Å². The van der Waals surface area contributed by atoms with Gasteiger partial charge in [-0.1, -0.05) is 0 Å². The van der Waals surface area contributed by atoms with Gasteiger partial charge in [0.15, 0.2) is 0 Å². The van der Waals surface area contributed by atoms with Crippen molar-refractivity contribution in [1.29, 1.82) is 0 Å². The van der Waals surface area contributed by atoms with Gasteiger partial charge in [-0.25, -0.2) is 0 Å². The van der Waals surface area contributed by atoms with Crippen molar-refractivity contribution in [2.75, 3.05) is 5.32 Å². The molecule has 1 heterocycles. The van der Waals surface area contributed by atoms with E-state index in [4.69, 9.17) is 5.73 Å². The number of anilines is 1. The number of aryl methyl sites for hydroxylation is 2. The molecule has 0 saturated carbocycles. The van der Waals surface area contributed by atoms with Crippen molar-refractivity contribution < 1.29 is 4.79 Å². The van der Waals surface area contributed by atoms with Gasteiger partial charge in [-0.05, 0) is 49.9 Å². The number of hydrogen-bond donors (Lipinski definition) is 2. The van der Waals surface area contributed by atoms with Gasteiger partial charge in [0, 0.05) is 29.6 Å². The summed E-state index contributed by atoms with van der Waals surface area (Å²) in [5, 5.41) is 7.94. The van der Waals surface area contributed by atoms with Crippen LogP contribution >= 0.6 is 0 Å². The first-order valence-corrected chi connectivity index (χ1v) is 7.24. The van der Waals surface area contributed by atoms with Gasteiger partial charge in [0.25, 0.3) is 0 Å². The molecule has 5 heteroatoms. The molecule has 0 bridgehead atoms. The van der Waals surface area contributed by atoms with E-state index in [2.05, 4.69) is 10.4 Å². The number of carbonyl (C=O) groups is 1. The maximum Gasteiger partial charge on any atom is 0.248 e. The zero-order valence-corrected chi connectivity index (χ0v) is 12.4. The van der Waals surface area contributed by atoms with Crippen LogP contribution in [-0.2, 0) is 13.5 Å². The first-order valence-electron chi connectivity index (χ1n) is 7.24. The summed E-state index contributed by atoms with van der Waals surface area (Å²) in [4.78, 5) is 11.2. The van der Waals surface area contributed by atoms with Crippen LogP contribution in [0.2, 0.25) is 0 Å². The Bertz CT molecular complexity index is 690. The molecule has 3 N–H and O–H groups in total. The van der Waals surface area contributed by atoms with Gasteiger partial charge in [-0.2, -0.15) is 5.10 Å². The maximum absolute atomic E-state index is 11.2. The summed E-state index contributed by atoms with van der Waals surface area (Å²) in [5.41, 5.74) is 10.5. The largest absolute Gasteiger partial charge is 0.378 e. The fourth-order valence-corrected chi connectivity index (χ4v) is 3.02. The predicted molar refractivity (Wildman–Crippen MR) is 82.2 cm³/mol. The summed E-state index contributed by atoms with van der Waals surface area (Å²) in [7, 11) is 1.99. The number of nitrogens with zero attached hydrogens (tertiary/aromatic N) is 2. The van der Waals surface area contributed by atoms with Crippen molar-refractivity contribution in [3.05, 3.63) is 46.8 Å². The Morgan fingerprint density at radius 2 is 2.29 bits per heavy atom. The Morgan fingerprint density at radius 1 is 1.48 bits per heavy atom. The van der Waals surface area contributed by atoms with Gasteiger partial charge in [0.2, 0.25) is 5.91 Å². The third-order valence-corrected chi connectivity index (χ3v) is 4.22. The third kappa shape index (κ3) is 2.51. The number of primary amides is 1. The molecule has 0 fully saturated rings. The zero-order chi connectivity index (χ0) is 15.0. The molecule has 1 amide bonds. The number of rotatable bonds is 3. The monoisotopic (exact) mass is 284 g/mol. The maximum atomic E-state index is 11.2. The fourth-order valence-electron chi connectivity index (χ4n) is 3.02. The highest BCUT2D eigenvalue weighted by Crippen LogP contribution is 2.33. The molecular formula is C16H20N4O. The standard InChI is InChI=1S/C16H20N4O/c1-10-8-11(16(17)21)6-7-13(10)19-14-4-3-5-15-12(14)9-18-20(15)2/h6-9,14,19H,3-5H2,1-2H3,(H2,17,21). The number of nitrogens with one attached hydrogen (secondary N) is 1. The summed E-state index contributed by atoms with van der Waals surface area (Å²) in [6.07, 6.45) is 5.29. The van der Waals surface area contributed by atoms with E-state index in [1.54, 1.807) is 6.07 Å². The lowest BCUT2D eigenvalue weighted by Gasteiger charge is -2.25. The quantitative estimate of drug-likeness (QED) is 0.908. The Morgan fingerprint density at radius 3 is 3.00 bits per heavy atom.